The van der Waals surface area contributed by atoms with Crippen molar-refractivity contribution < 1.29 is 58.1 Å². The maximum absolute atomic E-state index is 10.6. The van der Waals surface area contributed by atoms with E-state index in [2.05, 4.69) is 9.47 Å². The van der Waals surface area contributed by atoms with Gasteiger partial charge in [0.15, 0.2) is 6.10 Å². The van der Waals surface area contributed by atoms with Gasteiger partial charge in [-0.05, 0) is 13.8 Å². The lowest BCUT2D eigenvalue weighted by Crippen LogP contribution is -2.29. The number of hydrogen-bond acceptors (Lipinski definition) is 12. The van der Waals surface area contributed by atoms with Crippen molar-refractivity contribution in [1.82, 2.24) is 0 Å². The standard InChI is InChI=1S/C9H14O6.C4H8O2.C4H10O2.C3H8O2/c1-6(10)13-4-9(15-8(3)12)5-14-7(2)11;1-2-6-4-3-5-1;1-2-6-4-3-5;1-3(5)2-4/h9H,4-5H2,1-3H3;1-4H2;5H,2-4H2,1H3;3-5H,2H2,1H3. The second kappa shape index (κ2) is 27.2. The zero-order chi connectivity index (χ0) is 25.2. The van der Waals surface area contributed by atoms with Crippen molar-refractivity contribution in [3.8, 4) is 0 Å². The van der Waals surface area contributed by atoms with Gasteiger partial charge in [-0.3, -0.25) is 14.4 Å². The van der Waals surface area contributed by atoms with Gasteiger partial charge < -0.3 is 43.7 Å². The van der Waals surface area contributed by atoms with Gasteiger partial charge in [-0.15, -0.1) is 0 Å². The summed E-state index contributed by atoms with van der Waals surface area (Å²) >= 11 is 0. The fourth-order valence-electron chi connectivity index (χ4n) is 1.42. The molecule has 1 fully saturated rings. The van der Waals surface area contributed by atoms with E-state index in [4.69, 9.17) is 34.3 Å². The topological polar surface area (TPSA) is 167 Å². The zero-order valence-electron chi connectivity index (χ0n) is 19.7. The Morgan fingerprint density at radius 2 is 1.28 bits per heavy atom. The van der Waals surface area contributed by atoms with Crippen LogP contribution in [0.4, 0.5) is 0 Å². The molecule has 12 heteroatoms. The molecule has 0 amide bonds. The molecule has 0 aromatic carbocycles. The summed E-state index contributed by atoms with van der Waals surface area (Å²) in [6.07, 6.45) is -1.31. The Kier molecular flexibility index (Phi) is 29.6. The molecule has 0 bridgehead atoms. The summed E-state index contributed by atoms with van der Waals surface area (Å²) < 4.78 is 28.6. The van der Waals surface area contributed by atoms with Crippen molar-refractivity contribution in [2.24, 2.45) is 0 Å². The highest BCUT2D eigenvalue weighted by atomic mass is 16.6. The number of aliphatic hydroxyl groups excluding tert-OH is 3. The van der Waals surface area contributed by atoms with E-state index in [9.17, 15) is 14.4 Å². The largest absolute Gasteiger partial charge is 0.462 e. The molecule has 1 atom stereocenters. The molecule has 0 spiro atoms. The van der Waals surface area contributed by atoms with Crippen LogP contribution in [-0.4, -0.2) is 112 Å². The van der Waals surface area contributed by atoms with Gasteiger partial charge >= 0.3 is 17.9 Å². The molecule has 12 nitrogen and oxygen atoms in total. The van der Waals surface area contributed by atoms with Crippen LogP contribution in [0.2, 0.25) is 0 Å². The number of ether oxygens (including phenoxy) is 6. The molecule has 1 rings (SSSR count). The molecule has 0 radical (unpaired) electrons. The summed E-state index contributed by atoms with van der Waals surface area (Å²) in [7, 11) is 0. The molecule has 0 aromatic heterocycles. The number of hydrogen-bond donors (Lipinski definition) is 3. The van der Waals surface area contributed by atoms with Crippen LogP contribution < -0.4 is 0 Å². The average molecular weight is 473 g/mol. The number of rotatable bonds is 9. The fraction of sp³-hybridized carbons (Fsp3) is 0.850. The first-order valence-corrected chi connectivity index (χ1v) is 10.2. The third-order valence-electron chi connectivity index (χ3n) is 2.73. The third-order valence-corrected chi connectivity index (χ3v) is 2.73. The summed E-state index contributed by atoms with van der Waals surface area (Å²) in [4.78, 5) is 31.6. The molecule has 1 saturated heterocycles. The summed E-state index contributed by atoms with van der Waals surface area (Å²) in [6, 6.07) is 0. The molecule has 192 valence electrons. The van der Waals surface area contributed by atoms with Crippen LogP contribution in [0.1, 0.15) is 34.6 Å². The molecular weight excluding hydrogens is 432 g/mol. The van der Waals surface area contributed by atoms with Crippen molar-refractivity contribution in [3.63, 3.8) is 0 Å². The van der Waals surface area contributed by atoms with E-state index in [-0.39, 0.29) is 26.4 Å². The molecule has 0 saturated carbocycles. The Hall–Kier alpha value is -1.83. The van der Waals surface area contributed by atoms with Gasteiger partial charge in [0, 0.05) is 27.4 Å². The highest BCUT2D eigenvalue weighted by Gasteiger charge is 2.15. The van der Waals surface area contributed by atoms with Crippen LogP contribution in [-0.2, 0) is 42.8 Å². The Labute approximate surface area is 189 Å². The number of carbonyl (C=O) groups is 3. The summed E-state index contributed by atoms with van der Waals surface area (Å²) in [5, 5.41) is 24.1. The summed E-state index contributed by atoms with van der Waals surface area (Å²) in [5.41, 5.74) is 0. The van der Waals surface area contributed by atoms with Crippen LogP contribution in [0.15, 0.2) is 0 Å². The molecule has 1 aliphatic heterocycles. The highest BCUT2D eigenvalue weighted by molar-refractivity contribution is 5.67. The van der Waals surface area contributed by atoms with Crippen molar-refractivity contribution in [2.45, 2.75) is 46.8 Å². The quantitative estimate of drug-likeness (QED) is 0.223. The Morgan fingerprint density at radius 3 is 1.47 bits per heavy atom. The number of carbonyl (C=O) groups excluding carboxylic acids is 3. The molecular formula is C20H40O12. The molecule has 32 heavy (non-hydrogen) atoms. The second-order valence-corrected chi connectivity index (χ2v) is 6.01. The van der Waals surface area contributed by atoms with Crippen LogP contribution >= 0.6 is 0 Å². The third kappa shape index (κ3) is 38.7. The van der Waals surface area contributed by atoms with E-state index in [1.54, 1.807) is 0 Å². The molecule has 0 aromatic rings. The first kappa shape index (κ1) is 34.8. The van der Waals surface area contributed by atoms with Crippen LogP contribution in [0.3, 0.4) is 0 Å². The maximum atomic E-state index is 10.6. The van der Waals surface area contributed by atoms with Gasteiger partial charge in [-0.25, -0.2) is 0 Å². The van der Waals surface area contributed by atoms with Gasteiger partial charge in [0.25, 0.3) is 0 Å². The molecule has 1 aliphatic rings. The average Bonchev–Trinajstić information content (AvgIpc) is 2.76. The predicted molar refractivity (Wildman–Crippen MR) is 113 cm³/mol. The van der Waals surface area contributed by atoms with Crippen molar-refractivity contribution in [3.05, 3.63) is 0 Å². The molecule has 1 unspecified atom stereocenters. The lowest BCUT2D eigenvalue weighted by Gasteiger charge is -2.15. The zero-order valence-corrected chi connectivity index (χ0v) is 19.7. The molecule has 0 aliphatic carbocycles. The van der Waals surface area contributed by atoms with E-state index in [0.717, 1.165) is 26.4 Å². The lowest BCUT2D eigenvalue weighted by molar-refractivity contribution is -0.163. The predicted octanol–water partition coefficient (Wildman–Crippen LogP) is -0.548. The maximum Gasteiger partial charge on any atom is 0.303 e. The first-order chi connectivity index (χ1) is 15.1. The van der Waals surface area contributed by atoms with E-state index in [1.165, 1.54) is 27.7 Å². The van der Waals surface area contributed by atoms with Gasteiger partial charge in [0.2, 0.25) is 0 Å². The first-order valence-electron chi connectivity index (χ1n) is 10.2. The summed E-state index contributed by atoms with van der Waals surface area (Å²) in [6.45, 7) is 11.1. The van der Waals surface area contributed by atoms with E-state index < -0.39 is 30.1 Å². The lowest BCUT2D eigenvalue weighted by atomic mass is 10.4. The minimum atomic E-state index is -0.754. The number of esters is 3. The van der Waals surface area contributed by atoms with Gasteiger partial charge in [-0.1, -0.05) is 0 Å². The van der Waals surface area contributed by atoms with E-state index in [0.29, 0.717) is 13.2 Å². The van der Waals surface area contributed by atoms with Crippen molar-refractivity contribution in [1.29, 1.82) is 0 Å². The Morgan fingerprint density at radius 1 is 0.875 bits per heavy atom. The van der Waals surface area contributed by atoms with Gasteiger partial charge in [0.1, 0.15) is 13.2 Å². The van der Waals surface area contributed by atoms with Crippen LogP contribution in [0, 0.1) is 0 Å². The normalized spacial score (nSPS) is 13.0. The molecule has 3 N–H and O–H groups in total. The van der Waals surface area contributed by atoms with Crippen molar-refractivity contribution >= 4 is 17.9 Å². The Balaban J connectivity index is -0.000000404. The smallest absolute Gasteiger partial charge is 0.303 e. The van der Waals surface area contributed by atoms with Crippen LogP contribution in [0.25, 0.3) is 0 Å². The highest BCUT2D eigenvalue weighted by Crippen LogP contribution is 1.97. The minimum Gasteiger partial charge on any atom is -0.462 e. The summed E-state index contributed by atoms with van der Waals surface area (Å²) in [5.74, 6) is -1.51. The fourth-order valence-corrected chi connectivity index (χ4v) is 1.42. The van der Waals surface area contributed by atoms with E-state index >= 15 is 0 Å². The minimum absolute atomic E-state index is 0.123. The van der Waals surface area contributed by atoms with Crippen molar-refractivity contribution in [2.75, 3.05) is 66.1 Å². The number of aliphatic hydroxyl groups is 3. The van der Waals surface area contributed by atoms with Gasteiger partial charge in [-0.2, -0.15) is 0 Å². The monoisotopic (exact) mass is 472 g/mol. The SMILES string of the molecule is C1COCCO1.CC(=O)OCC(COC(C)=O)OC(C)=O.CC(O)CO.CCOCCO. The van der Waals surface area contributed by atoms with Gasteiger partial charge in [0.05, 0.1) is 52.4 Å². The second-order valence-electron chi connectivity index (χ2n) is 6.01. The van der Waals surface area contributed by atoms with E-state index in [1.807, 2.05) is 6.92 Å². The molecule has 1 heterocycles. The Bertz CT molecular complexity index is 405. The van der Waals surface area contributed by atoms with Crippen LogP contribution in [0.5, 0.6) is 0 Å².